The summed E-state index contributed by atoms with van der Waals surface area (Å²) in [6.07, 6.45) is 4.22. The van der Waals surface area contributed by atoms with Gasteiger partial charge < -0.3 is 10.4 Å². The molecule has 0 fully saturated rings. The predicted octanol–water partition coefficient (Wildman–Crippen LogP) is 1.52. The van der Waals surface area contributed by atoms with Gasteiger partial charge in [-0.3, -0.25) is 9.48 Å². The van der Waals surface area contributed by atoms with Crippen molar-refractivity contribution in [3.63, 3.8) is 0 Å². The maximum absolute atomic E-state index is 11.9. The standard InChI is InChI=1S/C13H21N3O3/c1-4-5-11(13(18)19)15-12(17)10-6-14-16(8-10)7-9(2)3/h6,8-9,11H,4-5,7H2,1-3H3,(H,15,17)(H,18,19). The zero-order valence-corrected chi connectivity index (χ0v) is 11.6. The highest BCUT2D eigenvalue weighted by molar-refractivity contribution is 5.96. The van der Waals surface area contributed by atoms with Crippen LogP contribution in [0.1, 0.15) is 44.0 Å². The molecule has 0 saturated carbocycles. The monoisotopic (exact) mass is 267 g/mol. The Balaban J connectivity index is 2.66. The molecule has 1 amide bonds. The van der Waals surface area contributed by atoms with Gasteiger partial charge >= 0.3 is 5.97 Å². The summed E-state index contributed by atoms with van der Waals surface area (Å²) >= 11 is 0. The van der Waals surface area contributed by atoms with Crippen molar-refractivity contribution < 1.29 is 14.7 Å². The fraction of sp³-hybridized carbons (Fsp3) is 0.615. The largest absolute Gasteiger partial charge is 0.480 e. The lowest BCUT2D eigenvalue weighted by atomic mass is 10.1. The topological polar surface area (TPSA) is 84.2 Å². The molecule has 0 aliphatic heterocycles. The summed E-state index contributed by atoms with van der Waals surface area (Å²) in [5.74, 6) is -0.969. The van der Waals surface area contributed by atoms with Gasteiger partial charge in [-0.15, -0.1) is 0 Å². The minimum atomic E-state index is -1.01. The number of amides is 1. The Kier molecular flexibility index (Phi) is 5.54. The summed E-state index contributed by atoms with van der Waals surface area (Å²) in [7, 11) is 0. The number of nitrogens with zero attached hydrogens (tertiary/aromatic N) is 2. The molecule has 1 aromatic heterocycles. The van der Waals surface area contributed by atoms with Crippen molar-refractivity contribution in [1.29, 1.82) is 0 Å². The molecule has 106 valence electrons. The number of rotatable bonds is 7. The molecule has 0 radical (unpaired) electrons. The summed E-state index contributed by atoms with van der Waals surface area (Å²) in [4.78, 5) is 22.9. The molecule has 1 rings (SSSR count). The van der Waals surface area contributed by atoms with E-state index in [0.29, 0.717) is 24.3 Å². The highest BCUT2D eigenvalue weighted by Crippen LogP contribution is 2.04. The van der Waals surface area contributed by atoms with Gasteiger partial charge in [0, 0.05) is 12.7 Å². The van der Waals surface area contributed by atoms with Crippen LogP contribution in [0.15, 0.2) is 12.4 Å². The Morgan fingerprint density at radius 2 is 2.16 bits per heavy atom. The van der Waals surface area contributed by atoms with Crippen molar-refractivity contribution in [2.24, 2.45) is 5.92 Å². The number of carboxylic acid groups (broad SMARTS) is 1. The van der Waals surface area contributed by atoms with Crippen LogP contribution in [-0.2, 0) is 11.3 Å². The number of carboxylic acids is 1. The summed E-state index contributed by atoms with van der Waals surface area (Å²) in [5, 5.41) is 15.6. The number of aromatic nitrogens is 2. The molecule has 2 N–H and O–H groups in total. The van der Waals surface area contributed by atoms with E-state index in [1.807, 2.05) is 6.92 Å². The van der Waals surface area contributed by atoms with Gasteiger partial charge in [0.15, 0.2) is 0 Å². The van der Waals surface area contributed by atoms with Gasteiger partial charge in [-0.2, -0.15) is 5.10 Å². The Hall–Kier alpha value is -1.85. The molecular formula is C13H21N3O3. The normalized spacial score (nSPS) is 12.4. The third kappa shape index (κ3) is 4.73. The summed E-state index contributed by atoms with van der Waals surface area (Å²) in [5.41, 5.74) is 0.392. The van der Waals surface area contributed by atoms with E-state index in [1.54, 1.807) is 10.9 Å². The first-order valence-corrected chi connectivity index (χ1v) is 6.50. The molecule has 0 spiro atoms. The molecule has 0 aliphatic rings. The van der Waals surface area contributed by atoms with E-state index in [-0.39, 0.29) is 0 Å². The van der Waals surface area contributed by atoms with E-state index in [0.717, 1.165) is 6.54 Å². The number of hydrogen-bond acceptors (Lipinski definition) is 3. The molecule has 0 bridgehead atoms. The molecule has 1 heterocycles. The van der Waals surface area contributed by atoms with Crippen LogP contribution < -0.4 is 5.32 Å². The van der Waals surface area contributed by atoms with E-state index >= 15 is 0 Å². The number of carbonyl (C=O) groups is 2. The molecule has 1 atom stereocenters. The van der Waals surface area contributed by atoms with Crippen molar-refractivity contribution in [1.82, 2.24) is 15.1 Å². The number of carbonyl (C=O) groups excluding carboxylic acids is 1. The Morgan fingerprint density at radius 3 is 2.68 bits per heavy atom. The second-order valence-corrected chi connectivity index (χ2v) is 5.00. The fourth-order valence-corrected chi connectivity index (χ4v) is 1.74. The number of nitrogens with one attached hydrogen (secondary N) is 1. The van der Waals surface area contributed by atoms with Gasteiger partial charge in [0.2, 0.25) is 0 Å². The van der Waals surface area contributed by atoms with Crippen LogP contribution in [0, 0.1) is 5.92 Å². The van der Waals surface area contributed by atoms with Crippen LogP contribution in [0.25, 0.3) is 0 Å². The molecule has 19 heavy (non-hydrogen) atoms. The molecule has 1 unspecified atom stereocenters. The van der Waals surface area contributed by atoms with Gasteiger partial charge in [-0.1, -0.05) is 27.2 Å². The van der Waals surface area contributed by atoms with E-state index in [4.69, 9.17) is 5.11 Å². The van der Waals surface area contributed by atoms with Crippen LogP contribution in [0.5, 0.6) is 0 Å². The molecule has 1 aromatic rings. The molecule has 0 saturated heterocycles. The Morgan fingerprint density at radius 1 is 1.47 bits per heavy atom. The summed E-state index contributed by atoms with van der Waals surface area (Å²) < 4.78 is 1.69. The average Bonchev–Trinajstić information content (AvgIpc) is 2.75. The Bertz CT molecular complexity index is 440. The minimum absolute atomic E-state index is 0.392. The van der Waals surface area contributed by atoms with Gasteiger partial charge in [-0.25, -0.2) is 4.79 Å². The van der Waals surface area contributed by atoms with Crippen molar-refractivity contribution in [3.8, 4) is 0 Å². The van der Waals surface area contributed by atoms with Gasteiger partial charge in [-0.05, 0) is 12.3 Å². The second kappa shape index (κ2) is 6.92. The van der Waals surface area contributed by atoms with Crippen molar-refractivity contribution in [2.75, 3.05) is 0 Å². The SMILES string of the molecule is CCCC(NC(=O)c1cnn(CC(C)C)c1)C(=O)O. The minimum Gasteiger partial charge on any atom is -0.480 e. The first-order valence-electron chi connectivity index (χ1n) is 6.50. The van der Waals surface area contributed by atoms with Crippen LogP contribution in [0.3, 0.4) is 0 Å². The Labute approximate surface area is 112 Å². The molecule has 0 aromatic carbocycles. The second-order valence-electron chi connectivity index (χ2n) is 5.00. The lowest BCUT2D eigenvalue weighted by Crippen LogP contribution is -2.40. The van der Waals surface area contributed by atoms with E-state index < -0.39 is 17.9 Å². The first-order chi connectivity index (χ1) is 8.93. The van der Waals surface area contributed by atoms with E-state index in [2.05, 4.69) is 24.3 Å². The third-order valence-electron chi connectivity index (χ3n) is 2.63. The summed E-state index contributed by atoms with van der Waals surface area (Å²) in [6, 6.07) is -0.842. The van der Waals surface area contributed by atoms with Crippen molar-refractivity contribution >= 4 is 11.9 Å². The van der Waals surface area contributed by atoms with Crippen LogP contribution in [-0.4, -0.2) is 32.8 Å². The smallest absolute Gasteiger partial charge is 0.326 e. The highest BCUT2D eigenvalue weighted by atomic mass is 16.4. The quantitative estimate of drug-likeness (QED) is 0.784. The molecule has 0 aliphatic carbocycles. The lowest BCUT2D eigenvalue weighted by Gasteiger charge is -2.12. The number of hydrogen-bond donors (Lipinski definition) is 2. The fourth-order valence-electron chi connectivity index (χ4n) is 1.74. The molecule has 6 heteroatoms. The lowest BCUT2D eigenvalue weighted by molar-refractivity contribution is -0.139. The van der Waals surface area contributed by atoms with E-state index in [9.17, 15) is 9.59 Å². The third-order valence-corrected chi connectivity index (χ3v) is 2.63. The van der Waals surface area contributed by atoms with Gasteiger partial charge in [0.25, 0.3) is 5.91 Å². The van der Waals surface area contributed by atoms with Crippen LogP contribution >= 0.6 is 0 Å². The van der Waals surface area contributed by atoms with E-state index in [1.165, 1.54) is 6.20 Å². The number of aliphatic carboxylic acids is 1. The predicted molar refractivity (Wildman–Crippen MR) is 70.9 cm³/mol. The highest BCUT2D eigenvalue weighted by Gasteiger charge is 2.20. The maximum atomic E-state index is 11.9. The molecule has 6 nitrogen and oxygen atoms in total. The summed E-state index contributed by atoms with van der Waals surface area (Å²) in [6.45, 7) is 6.72. The van der Waals surface area contributed by atoms with Crippen LogP contribution in [0.4, 0.5) is 0 Å². The van der Waals surface area contributed by atoms with Crippen molar-refractivity contribution in [2.45, 2.75) is 46.2 Å². The van der Waals surface area contributed by atoms with Crippen molar-refractivity contribution in [3.05, 3.63) is 18.0 Å². The average molecular weight is 267 g/mol. The molecular weight excluding hydrogens is 246 g/mol. The van der Waals surface area contributed by atoms with Crippen LogP contribution in [0.2, 0.25) is 0 Å². The maximum Gasteiger partial charge on any atom is 0.326 e. The zero-order valence-electron chi connectivity index (χ0n) is 11.6. The van der Waals surface area contributed by atoms with Gasteiger partial charge in [0.05, 0.1) is 11.8 Å². The van der Waals surface area contributed by atoms with Gasteiger partial charge in [0.1, 0.15) is 6.04 Å². The first kappa shape index (κ1) is 15.2. The zero-order chi connectivity index (χ0) is 14.4.